The summed E-state index contributed by atoms with van der Waals surface area (Å²) in [5.41, 5.74) is 4.16. The van der Waals surface area contributed by atoms with E-state index in [-0.39, 0.29) is 0 Å². The van der Waals surface area contributed by atoms with Gasteiger partial charge in [-0.3, -0.25) is 0 Å². The first kappa shape index (κ1) is 14.3. The summed E-state index contributed by atoms with van der Waals surface area (Å²) in [5, 5.41) is 1.00. The van der Waals surface area contributed by atoms with Crippen LogP contribution in [0.4, 0.5) is 0 Å². The quantitative estimate of drug-likeness (QED) is 0.519. The molecule has 0 unspecified atom stereocenters. The van der Waals surface area contributed by atoms with E-state index in [0.717, 1.165) is 27.6 Å². The van der Waals surface area contributed by atoms with Crippen LogP contribution < -0.4 is 4.74 Å². The van der Waals surface area contributed by atoms with Crippen molar-refractivity contribution >= 4 is 16.9 Å². The molecule has 1 aromatic heterocycles. The molecule has 3 heteroatoms. The lowest BCUT2D eigenvalue weighted by Crippen LogP contribution is -2.12. The Morgan fingerprint density at radius 1 is 0.955 bits per heavy atom. The molecule has 0 bridgehead atoms. The van der Waals surface area contributed by atoms with Crippen molar-refractivity contribution in [2.75, 3.05) is 0 Å². The van der Waals surface area contributed by atoms with Gasteiger partial charge in [0.05, 0.1) is 5.52 Å². The summed E-state index contributed by atoms with van der Waals surface area (Å²) in [6.45, 7) is 5.91. The Bertz CT molecular complexity index is 845. The molecule has 0 fully saturated rings. The highest BCUT2D eigenvalue weighted by Crippen LogP contribution is 2.25. The summed E-state index contributed by atoms with van der Waals surface area (Å²) in [6, 6.07) is 15.3. The summed E-state index contributed by atoms with van der Waals surface area (Å²) in [5.74, 6) is 0.186. The maximum absolute atomic E-state index is 12.4. The summed E-state index contributed by atoms with van der Waals surface area (Å²) in [7, 11) is 0. The number of para-hydroxylation sites is 1. The van der Waals surface area contributed by atoms with Crippen LogP contribution in [0.25, 0.3) is 10.9 Å². The van der Waals surface area contributed by atoms with Crippen molar-refractivity contribution in [1.29, 1.82) is 0 Å². The zero-order chi connectivity index (χ0) is 15.7. The minimum atomic E-state index is -0.430. The molecular formula is C19H17NO2. The van der Waals surface area contributed by atoms with Crippen molar-refractivity contribution in [2.24, 2.45) is 0 Å². The molecule has 0 aliphatic heterocycles. The highest BCUT2D eigenvalue weighted by Gasteiger charge is 2.14. The minimum Gasteiger partial charge on any atom is -0.421 e. The van der Waals surface area contributed by atoms with Crippen molar-refractivity contribution in [3.05, 3.63) is 70.9 Å². The van der Waals surface area contributed by atoms with Crippen LogP contribution in [0.15, 0.2) is 48.5 Å². The lowest BCUT2D eigenvalue weighted by molar-refractivity contribution is 0.0726. The van der Waals surface area contributed by atoms with Crippen molar-refractivity contribution in [1.82, 2.24) is 4.98 Å². The van der Waals surface area contributed by atoms with Gasteiger partial charge in [-0.25, -0.2) is 9.78 Å². The van der Waals surface area contributed by atoms with Crippen molar-refractivity contribution < 1.29 is 9.53 Å². The first-order chi connectivity index (χ1) is 10.5. The number of esters is 1. The Morgan fingerprint density at radius 3 is 2.36 bits per heavy atom. The Morgan fingerprint density at radius 2 is 1.64 bits per heavy atom. The van der Waals surface area contributed by atoms with Gasteiger partial charge in [0, 0.05) is 5.39 Å². The van der Waals surface area contributed by atoms with Gasteiger partial charge in [-0.15, -0.1) is 0 Å². The lowest BCUT2D eigenvalue weighted by Gasteiger charge is -2.11. The smallest absolute Gasteiger partial charge is 0.362 e. The van der Waals surface area contributed by atoms with E-state index in [1.165, 1.54) is 0 Å². The number of aromatic nitrogens is 1. The van der Waals surface area contributed by atoms with E-state index in [0.29, 0.717) is 11.4 Å². The molecule has 0 amide bonds. The number of carbonyl (C=O) groups is 1. The van der Waals surface area contributed by atoms with E-state index in [2.05, 4.69) is 4.98 Å². The van der Waals surface area contributed by atoms with E-state index in [1.54, 1.807) is 6.07 Å². The van der Waals surface area contributed by atoms with Crippen LogP contribution in [0, 0.1) is 20.8 Å². The predicted octanol–water partition coefficient (Wildman–Crippen LogP) is 4.38. The number of benzene rings is 2. The number of fused-ring (bicyclic) bond motifs is 1. The molecule has 0 aliphatic carbocycles. The first-order valence-electron chi connectivity index (χ1n) is 7.20. The molecule has 3 rings (SSSR count). The van der Waals surface area contributed by atoms with Crippen LogP contribution in [0.2, 0.25) is 0 Å². The predicted molar refractivity (Wildman–Crippen MR) is 87.4 cm³/mol. The highest BCUT2D eigenvalue weighted by atomic mass is 16.5. The van der Waals surface area contributed by atoms with Gasteiger partial charge in [0.15, 0.2) is 0 Å². The fourth-order valence-electron chi connectivity index (χ4n) is 2.65. The molecule has 2 aromatic carbocycles. The number of carbonyl (C=O) groups excluding carboxylic acids is 1. The molecule has 0 radical (unpaired) electrons. The van der Waals surface area contributed by atoms with Crippen LogP contribution >= 0.6 is 0 Å². The molecule has 0 saturated heterocycles. The Labute approximate surface area is 129 Å². The average molecular weight is 291 g/mol. The Balaban J connectivity index is 1.93. The van der Waals surface area contributed by atoms with Gasteiger partial charge in [0.25, 0.3) is 0 Å². The van der Waals surface area contributed by atoms with Crippen molar-refractivity contribution in [3.63, 3.8) is 0 Å². The monoisotopic (exact) mass is 291 g/mol. The Hall–Kier alpha value is -2.68. The second kappa shape index (κ2) is 5.60. The van der Waals surface area contributed by atoms with E-state index in [4.69, 9.17) is 4.74 Å². The van der Waals surface area contributed by atoms with Gasteiger partial charge < -0.3 is 4.74 Å². The van der Waals surface area contributed by atoms with Gasteiger partial charge in [0.2, 0.25) is 0 Å². The molecule has 1 heterocycles. The standard InChI is InChI=1S/C19H17NO2/c1-12-10-13(2)18(14(3)11-12)22-19(21)17-9-8-15-6-4-5-7-16(15)20-17/h4-11H,1-3H3. The zero-order valence-electron chi connectivity index (χ0n) is 12.9. The maximum Gasteiger partial charge on any atom is 0.362 e. The molecule has 0 atom stereocenters. The second-order valence-electron chi connectivity index (χ2n) is 5.51. The zero-order valence-corrected chi connectivity index (χ0v) is 12.9. The second-order valence-corrected chi connectivity index (χ2v) is 5.51. The summed E-state index contributed by atoms with van der Waals surface area (Å²) in [4.78, 5) is 16.7. The SMILES string of the molecule is Cc1cc(C)c(OC(=O)c2ccc3ccccc3n2)c(C)c1. The Kier molecular flexibility index (Phi) is 3.63. The van der Waals surface area contributed by atoms with Crippen LogP contribution in [-0.4, -0.2) is 11.0 Å². The summed E-state index contributed by atoms with van der Waals surface area (Å²) >= 11 is 0. The number of rotatable bonds is 2. The van der Waals surface area contributed by atoms with E-state index in [9.17, 15) is 4.79 Å². The van der Waals surface area contributed by atoms with Gasteiger partial charge in [0.1, 0.15) is 11.4 Å². The summed E-state index contributed by atoms with van der Waals surface area (Å²) in [6.07, 6.45) is 0. The largest absolute Gasteiger partial charge is 0.421 e. The topological polar surface area (TPSA) is 39.2 Å². The third-order valence-electron chi connectivity index (χ3n) is 3.61. The lowest BCUT2D eigenvalue weighted by atomic mass is 10.1. The number of ether oxygens (including phenoxy) is 1. The molecule has 3 aromatic rings. The van der Waals surface area contributed by atoms with Crippen molar-refractivity contribution in [2.45, 2.75) is 20.8 Å². The fourth-order valence-corrected chi connectivity index (χ4v) is 2.65. The molecule has 22 heavy (non-hydrogen) atoms. The van der Waals surface area contributed by atoms with Gasteiger partial charge in [-0.05, 0) is 44.0 Å². The van der Waals surface area contributed by atoms with E-state index in [1.807, 2.05) is 63.2 Å². The molecule has 3 nitrogen and oxygen atoms in total. The number of hydrogen-bond acceptors (Lipinski definition) is 3. The van der Waals surface area contributed by atoms with Gasteiger partial charge >= 0.3 is 5.97 Å². The van der Waals surface area contributed by atoms with Crippen molar-refractivity contribution in [3.8, 4) is 5.75 Å². The van der Waals surface area contributed by atoms with Crippen LogP contribution in [0.1, 0.15) is 27.2 Å². The molecule has 110 valence electrons. The molecular weight excluding hydrogens is 274 g/mol. The van der Waals surface area contributed by atoms with Crippen LogP contribution in [0.5, 0.6) is 5.75 Å². The maximum atomic E-state index is 12.4. The van der Waals surface area contributed by atoms with Crippen LogP contribution in [0.3, 0.4) is 0 Å². The minimum absolute atomic E-state index is 0.318. The molecule has 0 saturated carbocycles. The van der Waals surface area contributed by atoms with Gasteiger partial charge in [-0.1, -0.05) is 42.0 Å². The number of aryl methyl sites for hydroxylation is 3. The third kappa shape index (κ3) is 2.70. The summed E-state index contributed by atoms with van der Waals surface area (Å²) < 4.78 is 5.56. The fraction of sp³-hybridized carbons (Fsp3) is 0.158. The molecule has 0 aliphatic rings. The average Bonchev–Trinajstić information content (AvgIpc) is 2.50. The first-order valence-corrected chi connectivity index (χ1v) is 7.20. The van der Waals surface area contributed by atoms with Gasteiger partial charge in [-0.2, -0.15) is 0 Å². The highest BCUT2D eigenvalue weighted by molar-refractivity contribution is 5.92. The van der Waals surface area contributed by atoms with Crippen LogP contribution in [-0.2, 0) is 0 Å². The van der Waals surface area contributed by atoms with E-state index >= 15 is 0 Å². The number of nitrogens with zero attached hydrogens (tertiary/aromatic N) is 1. The number of pyridine rings is 1. The number of hydrogen-bond donors (Lipinski definition) is 0. The molecule has 0 spiro atoms. The van der Waals surface area contributed by atoms with E-state index < -0.39 is 5.97 Å². The third-order valence-corrected chi connectivity index (χ3v) is 3.61. The molecule has 0 N–H and O–H groups in total. The normalized spacial score (nSPS) is 10.7.